The third kappa shape index (κ3) is 4.08. The Labute approximate surface area is 140 Å². The van der Waals surface area contributed by atoms with Gasteiger partial charge in [-0.25, -0.2) is 4.39 Å². The van der Waals surface area contributed by atoms with Gasteiger partial charge in [0.2, 0.25) is 0 Å². The van der Waals surface area contributed by atoms with Crippen molar-refractivity contribution >= 4 is 40.7 Å². The number of hydrogen-bond acceptors (Lipinski definition) is 2. The van der Waals surface area contributed by atoms with Gasteiger partial charge >= 0.3 is 0 Å². The summed E-state index contributed by atoms with van der Waals surface area (Å²) in [5, 5.41) is 3.36. The second kappa shape index (κ2) is 7.95. The highest BCUT2D eigenvalue weighted by molar-refractivity contribution is 9.10. The van der Waals surface area contributed by atoms with Crippen LogP contribution in [-0.4, -0.2) is 31.1 Å². The minimum absolute atomic E-state index is 0. The molecule has 1 aliphatic carbocycles. The molecule has 1 saturated carbocycles. The van der Waals surface area contributed by atoms with E-state index in [1.165, 1.54) is 12.8 Å². The Morgan fingerprint density at radius 2 is 1.85 bits per heavy atom. The third-order valence-corrected chi connectivity index (χ3v) is 4.38. The summed E-state index contributed by atoms with van der Waals surface area (Å²) in [7, 11) is 0. The Balaban J connectivity index is 0.000001000. The molecule has 0 aromatic heterocycles. The second-order valence-corrected chi connectivity index (χ2v) is 6.15. The Kier molecular flexibility index (Phi) is 7.22. The van der Waals surface area contributed by atoms with Crippen molar-refractivity contribution in [3.63, 3.8) is 0 Å². The van der Waals surface area contributed by atoms with E-state index in [2.05, 4.69) is 26.1 Å². The minimum atomic E-state index is -0.0615. The van der Waals surface area contributed by atoms with Crippen molar-refractivity contribution in [1.82, 2.24) is 10.2 Å². The van der Waals surface area contributed by atoms with Gasteiger partial charge in [0.1, 0.15) is 5.82 Å². The molecule has 20 heavy (non-hydrogen) atoms. The van der Waals surface area contributed by atoms with Crippen molar-refractivity contribution in [2.24, 2.45) is 5.92 Å². The van der Waals surface area contributed by atoms with E-state index in [0.29, 0.717) is 5.92 Å². The summed E-state index contributed by atoms with van der Waals surface area (Å²) in [5.41, 5.74) is 0.869. The van der Waals surface area contributed by atoms with Crippen molar-refractivity contribution in [1.29, 1.82) is 0 Å². The zero-order valence-corrected chi connectivity index (χ0v) is 14.4. The van der Waals surface area contributed by atoms with Crippen LogP contribution in [0.15, 0.2) is 22.7 Å². The summed E-state index contributed by atoms with van der Waals surface area (Å²) in [4.78, 5) is 2.44. The number of nitrogens with one attached hydrogen (secondary N) is 1. The Morgan fingerprint density at radius 3 is 2.45 bits per heavy atom. The average molecular weight is 386 g/mol. The van der Waals surface area contributed by atoms with Crippen molar-refractivity contribution < 1.29 is 4.39 Å². The lowest BCUT2D eigenvalue weighted by Crippen LogP contribution is -2.45. The normalized spacial score (nSPS) is 20.7. The molecular formula is C14H20BrCl2FN2. The summed E-state index contributed by atoms with van der Waals surface area (Å²) in [5.74, 6) is 0.584. The van der Waals surface area contributed by atoms with Gasteiger partial charge in [0.15, 0.2) is 0 Å². The number of piperazine rings is 1. The van der Waals surface area contributed by atoms with Gasteiger partial charge in [-0.15, -0.1) is 24.8 Å². The van der Waals surface area contributed by atoms with E-state index in [1.54, 1.807) is 12.1 Å². The predicted molar refractivity (Wildman–Crippen MR) is 88.5 cm³/mol. The first-order valence-electron chi connectivity index (χ1n) is 6.65. The first kappa shape index (κ1) is 18.2. The zero-order valence-electron chi connectivity index (χ0n) is 11.1. The van der Waals surface area contributed by atoms with Crippen LogP contribution >= 0.6 is 40.7 Å². The highest BCUT2D eigenvalue weighted by Crippen LogP contribution is 2.45. The topological polar surface area (TPSA) is 15.3 Å². The van der Waals surface area contributed by atoms with Gasteiger partial charge in [-0.1, -0.05) is 15.9 Å². The summed E-state index contributed by atoms with van der Waals surface area (Å²) in [6, 6.07) is 5.59. The van der Waals surface area contributed by atoms with Crippen LogP contribution < -0.4 is 5.32 Å². The minimum Gasteiger partial charge on any atom is -0.314 e. The molecule has 0 radical (unpaired) electrons. The number of halogens is 4. The van der Waals surface area contributed by atoms with Crippen molar-refractivity contribution in [3.8, 4) is 0 Å². The Hall–Kier alpha value is 0.130. The standard InChI is InChI=1S/C14H18BrFN2.2ClH/c15-11-3-4-13(16)12(9-11)14(10-1-2-10)18-7-5-17-6-8-18;;/h3-4,9-10,14,17H,1-2,5-8H2;2*1H/t14-;;/m0../s1. The van der Waals surface area contributed by atoms with E-state index in [4.69, 9.17) is 0 Å². The molecule has 2 nitrogen and oxygen atoms in total. The number of nitrogens with zero attached hydrogens (tertiary/aromatic N) is 1. The number of hydrogen-bond donors (Lipinski definition) is 1. The van der Waals surface area contributed by atoms with E-state index < -0.39 is 0 Å². The molecule has 6 heteroatoms. The second-order valence-electron chi connectivity index (χ2n) is 5.23. The number of rotatable bonds is 3. The molecule has 1 atom stereocenters. The van der Waals surface area contributed by atoms with Crippen LogP contribution in [0, 0.1) is 11.7 Å². The molecule has 1 aromatic carbocycles. The molecule has 0 unspecified atom stereocenters. The van der Waals surface area contributed by atoms with Gasteiger partial charge in [-0.3, -0.25) is 4.90 Å². The van der Waals surface area contributed by atoms with E-state index >= 15 is 0 Å². The molecule has 1 N–H and O–H groups in total. The average Bonchev–Trinajstić information content (AvgIpc) is 3.20. The van der Waals surface area contributed by atoms with Gasteiger partial charge in [0.25, 0.3) is 0 Å². The van der Waals surface area contributed by atoms with Crippen LogP contribution in [-0.2, 0) is 0 Å². The zero-order chi connectivity index (χ0) is 12.5. The Morgan fingerprint density at radius 1 is 1.20 bits per heavy atom. The highest BCUT2D eigenvalue weighted by Gasteiger charge is 2.38. The molecule has 1 aliphatic heterocycles. The molecule has 2 fully saturated rings. The molecule has 2 aliphatic rings. The van der Waals surface area contributed by atoms with Crippen LogP contribution in [0.5, 0.6) is 0 Å². The molecule has 114 valence electrons. The fourth-order valence-corrected chi connectivity index (χ4v) is 3.24. The maximum atomic E-state index is 14.1. The molecule has 3 rings (SSSR count). The van der Waals surface area contributed by atoms with Crippen molar-refractivity contribution in [3.05, 3.63) is 34.1 Å². The van der Waals surface area contributed by atoms with E-state index in [9.17, 15) is 4.39 Å². The lowest BCUT2D eigenvalue weighted by Gasteiger charge is -2.35. The molecular weight excluding hydrogens is 366 g/mol. The molecule has 1 saturated heterocycles. The van der Waals surface area contributed by atoms with Crippen LogP contribution in [0.25, 0.3) is 0 Å². The Bertz CT molecular complexity index is 437. The van der Waals surface area contributed by atoms with Crippen LogP contribution in [0.4, 0.5) is 4.39 Å². The van der Waals surface area contributed by atoms with E-state index in [0.717, 1.165) is 36.2 Å². The smallest absolute Gasteiger partial charge is 0.128 e. The summed E-state index contributed by atoms with van der Waals surface area (Å²) < 4.78 is 15.1. The molecule has 0 spiro atoms. The van der Waals surface area contributed by atoms with E-state index in [-0.39, 0.29) is 36.7 Å². The maximum absolute atomic E-state index is 14.1. The summed E-state index contributed by atoms with van der Waals surface area (Å²) in [6.45, 7) is 4.07. The molecule has 1 heterocycles. The predicted octanol–water partition coefficient (Wildman–Crippen LogP) is 3.79. The fourth-order valence-electron chi connectivity index (χ4n) is 2.86. The van der Waals surface area contributed by atoms with Gasteiger partial charge in [-0.05, 0) is 37.0 Å². The quantitative estimate of drug-likeness (QED) is 0.851. The van der Waals surface area contributed by atoms with Crippen molar-refractivity contribution in [2.45, 2.75) is 18.9 Å². The fraction of sp³-hybridized carbons (Fsp3) is 0.571. The lowest BCUT2D eigenvalue weighted by molar-refractivity contribution is 0.153. The summed E-state index contributed by atoms with van der Waals surface area (Å²) >= 11 is 3.46. The van der Waals surface area contributed by atoms with Gasteiger partial charge in [-0.2, -0.15) is 0 Å². The van der Waals surface area contributed by atoms with Crippen LogP contribution in [0.2, 0.25) is 0 Å². The highest BCUT2D eigenvalue weighted by atomic mass is 79.9. The van der Waals surface area contributed by atoms with Gasteiger partial charge < -0.3 is 5.32 Å². The molecule has 0 amide bonds. The first-order chi connectivity index (χ1) is 8.75. The van der Waals surface area contributed by atoms with Gasteiger partial charge in [0.05, 0.1) is 0 Å². The maximum Gasteiger partial charge on any atom is 0.128 e. The molecule has 1 aromatic rings. The number of benzene rings is 1. The van der Waals surface area contributed by atoms with Crippen molar-refractivity contribution in [2.75, 3.05) is 26.2 Å². The van der Waals surface area contributed by atoms with Crippen LogP contribution in [0.3, 0.4) is 0 Å². The SMILES string of the molecule is Cl.Cl.Fc1ccc(Br)cc1[C@H](C1CC1)N1CCNCC1. The summed E-state index contributed by atoms with van der Waals surface area (Å²) in [6.07, 6.45) is 2.47. The first-order valence-corrected chi connectivity index (χ1v) is 7.45. The van der Waals surface area contributed by atoms with Crippen LogP contribution in [0.1, 0.15) is 24.4 Å². The van der Waals surface area contributed by atoms with Gasteiger partial charge in [0, 0.05) is 42.3 Å². The van der Waals surface area contributed by atoms with E-state index in [1.807, 2.05) is 6.07 Å². The monoisotopic (exact) mass is 384 g/mol. The molecule has 0 bridgehead atoms. The third-order valence-electron chi connectivity index (χ3n) is 3.89. The largest absolute Gasteiger partial charge is 0.314 e. The lowest BCUT2D eigenvalue weighted by atomic mass is 9.99.